The van der Waals surface area contributed by atoms with Crippen LogP contribution in [0.1, 0.15) is 30.1 Å². The number of aryl methyl sites for hydroxylation is 1. The van der Waals surface area contributed by atoms with Crippen LogP contribution in [0, 0.1) is 0 Å². The third-order valence-electron chi connectivity index (χ3n) is 5.25. The van der Waals surface area contributed by atoms with E-state index in [1.165, 1.54) is 0 Å². The molecule has 0 saturated carbocycles. The lowest BCUT2D eigenvalue weighted by atomic mass is 10.1. The van der Waals surface area contributed by atoms with Crippen molar-refractivity contribution in [1.82, 2.24) is 24.9 Å². The highest BCUT2D eigenvalue weighted by Crippen LogP contribution is 2.22. The molecule has 8 heteroatoms. The van der Waals surface area contributed by atoms with Crippen LogP contribution >= 0.6 is 0 Å². The highest BCUT2D eigenvalue weighted by atomic mass is 16.5. The number of hydrogen-bond donors (Lipinski definition) is 0. The summed E-state index contributed by atoms with van der Waals surface area (Å²) in [5, 5.41) is 8.43. The summed E-state index contributed by atoms with van der Waals surface area (Å²) in [6.45, 7) is 1.75. The van der Waals surface area contributed by atoms with E-state index in [1.54, 1.807) is 31.6 Å². The van der Waals surface area contributed by atoms with Gasteiger partial charge in [-0.3, -0.25) is 9.78 Å². The summed E-state index contributed by atoms with van der Waals surface area (Å²) in [6, 6.07) is 11.6. The number of rotatable bonds is 8. The van der Waals surface area contributed by atoms with Crippen LogP contribution in [0.3, 0.4) is 0 Å². The van der Waals surface area contributed by atoms with Crippen molar-refractivity contribution in [2.24, 2.45) is 0 Å². The van der Waals surface area contributed by atoms with Gasteiger partial charge in [-0.15, -0.1) is 5.10 Å². The van der Waals surface area contributed by atoms with E-state index in [4.69, 9.17) is 9.47 Å². The quantitative estimate of drug-likeness (QED) is 0.571. The number of likely N-dealkylation sites (tertiary alicyclic amines) is 1. The zero-order valence-electron chi connectivity index (χ0n) is 17.0. The van der Waals surface area contributed by atoms with Gasteiger partial charge in [0.15, 0.2) is 0 Å². The summed E-state index contributed by atoms with van der Waals surface area (Å²) in [4.78, 5) is 18.5. The smallest absolute Gasteiger partial charge is 0.222 e. The molecule has 0 spiro atoms. The minimum atomic E-state index is 0.146. The van der Waals surface area contributed by atoms with Gasteiger partial charge in [0.1, 0.15) is 23.8 Å². The molecule has 4 rings (SSSR count). The van der Waals surface area contributed by atoms with Crippen LogP contribution in [0.5, 0.6) is 11.5 Å². The largest absolute Gasteiger partial charge is 0.497 e. The molecule has 0 bridgehead atoms. The second-order valence-corrected chi connectivity index (χ2v) is 7.30. The van der Waals surface area contributed by atoms with Crippen LogP contribution < -0.4 is 9.47 Å². The van der Waals surface area contributed by atoms with Gasteiger partial charge in [0.25, 0.3) is 0 Å². The predicted octanol–water partition coefficient (Wildman–Crippen LogP) is 2.67. The van der Waals surface area contributed by atoms with Crippen molar-refractivity contribution < 1.29 is 14.3 Å². The molecule has 1 aliphatic heterocycles. The number of hydrogen-bond acceptors (Lipinski definition) is 6. The lowest BCUT2D eigenvalue weighted by Crippen LogP contribution is -2.29. The summed E-state index contributed by atoms with van der Waals surface area (Å²) >= 11 is 0. The second kappa shape index (κ2) is 9.39. The normalized spacial score (nSPS) is 15.9. The summed E-state index contributed by atoms with van der Waals surface area (Å²) in [5.41, 5.74) is 1.86. The van der Waals surface area contributed by atoms with E-state index < -0.39 is 0 Å². The Morgan fingerprint density at radius 3 is 2.90 bits per heavy atom. The van der Waals surface area contributed by atoms with E-state index in [-0.39, 0.29) is 11.9 Å². The lowest BCUT2D eigenvalue weighted by molar-refractivity contribution is -0.130. The topological polar surface area (TPSA) is 82.4 Å². The number of carbonyl (C=O) groups excluding carboxylic acids is 1. The molecule has 30 heavy (non-hydrogen) atoms. The molecule has 1 atom stereocenters. The van der Waals surface area contributed by atoms with Crippen LogP contribution in [0.4, 0.5) is 0 Å². The van der Waals surface area contributed by atoms with Crippen molar-refractivity contribution in [2.45, 2.75) is 31.9 Å². The van der Waals surface area contributed by atoms with E-state index in [2.05, 4.69) is 15.3 Å². The fourth-order valence-corrected chi connectivity index (χ4v) is 3.57. The summed E-state index contributed by atoms with van der Waals surface area (Å²) in [7, 11) is 1.65. The fourth-order valence-electron chi connectivity index (χ4n) is 3.57. The van der Waals surface area contributed by atoms with Crippen LogP contribution in [0.25, 0.3) is 0 Å². The number of nitrogens with zero attached hydrogens (tertiary/aromatic N) is 5. The first-order valence-electron chi connectivity index (χ1n) is 10.1. The Morgan fingerprint density at radius 2 is 2.07 bits per heavy atom. The molecule has 1 aromatic carbocycles. The van der Waals surface area contributed by atoms with Gasteiger partial charge in [0.05, 0.1) is 19.3 Å². The van der Waals surface area contributed by atoms with Gasteiger partial charge >= 0.3 is 0 Å². The van der Waals surface area contributed by atoms with Crippen molar-refractivity contribution in [3.8, 4) is 11.5 Å². The third-order valence-corrected chi connectivity index (χ3v) is 5.25. The van der Waals surface area contributed by atoms with E-state index in [0.29, 0.717) is 26.0 Å². The molecule has 1 amide bonds. The predicted molar refractivity (Wildman–Crippen MR) is 110 cm³/mol. The molecule has 8 nitrogen and oxygen atoms in total. The van der Waals surface area contributed by atoms with Crippen molar-refractivity contribution in [1.29, 1.82) is 0 Å². The Balaban J connectivity index is 1.26. The van der Waals surface area contributed by atoms with E-state index in [9.17, 15) is 4.79 Å². The summed E-state index contributed by atoms with van der Waals surface area (Å²) < 4.78 is 12.8. The number of ether oxygens (including phenoxy) is 2. The first kappa shape index (κ1) is 19.9. The summed E-state index contributed by atoms with van der Waals surface area (Å²) in [6.07, 6.45) is 7.34. The minimum Gasteiger partial charge on any atom is -0.497 e. The lowest BCUT2D eigenvalue weighted by Gasteiger charge is -2.16. The van der Waals surface area contributed by atoms with Crippen molar-refractivity contribution in [2.75, 3.05) is 20.2 Å². The molecule has 3 aromatic rings. The van der Waals surface area contributed by atoms with E-state index in [0.717, 1.165) is 35.7 Å². The van der Waals surface area contributed by atoms with Crippen LogP contribution in [-0.2, 0) is 17.8 Å². The molecule has 0 radical (unpaired) electrons. The molecule has 0 aliphatic carbocycles. The SMILES string of the molecule is COc1cccc(CCC(=O)N2CCC(n3cc(COc4ccncc4)nn3)C2)c1. The molecular weight excluding hydrogens is 382 g/mol. The van der Waals surface area contributed by atoms with E-state index >= 15 is 0 Å². The molecule has 0 N–H and O–H groups in total. The Morgan fingerprint density at radius 1 is 1.20 bits per heavy atom. The number of pyridine rings is 1. The molecule has 1 aliphatic rings. The van der Waals surface area contributed by atoms with Crippen LogP contribution in [0.15, 0.2) is 55.0 Å². The number of methoxy groups -OCH3 is 1. The van der Waals surface area contributed by atoms with Gasteiger partial charge in [0, 0.05) is 31.9 Å². The van der Waals surface area contributed by atoms with Gasteiger partial charge in [-0.05, 0) is 42.7 Å². The molecule has 156 valence electrons. The van der Waals surface area contributed by atoms with Gasteiger partial charge < -0.3 is 14.4 Å². The second-order valence-electron chi connectivity index (χ2n) is 7.30. The first-order valence-corrected chi connectivity index (χ1v) is 10.1. The number of carbonyl (C=O) groups is 1. The maximum atomic E-state index is 12.6. The first-order chi connectivity index (χ1) is 14.7. The molecule has 1 saturated heterocycles. The maximum absolute atomic E-state index is 12.6. The Kier molecular flexibility index (Phi) is 6.22. The Bertz CT molecular complexity index is 976. The monoisotopic (exact) mass is 407 g/mol. The fraction of sp³-hybridized carbons (Fsp3) is 0.364. The molecule has 3 heterocycles. The van der Waals surface area contributed by atoms with Gasteiger partial charge in [-0.25, -0.2) is 4.68 Å². The number of amides is 1. The average molecular weight is 407 g/mol. The average Bonchev–Trinajstić information content (AvgIpc) is 3.47. The zero-order chi connectivity index (χ0) is 20.8. The standard InChI is InChI=1S/C22H25N5O3/c1-29-21-4-2-3-17(13-21)5-6-22(28)26-12-9-19(15-26)27-14-18(24-25-27)16-30-20-7-10-23-11-8-20/h2-4,7-8,10-11,13-14,19H,5-6,9,12,15-16H2,1H3. The van der Waals surface area contributed by atoms with E-state index in [1.807, 2.05) is 40.0 Å². The van der Waals surface area contributed by atoms with Crippen molar-refractivity contribution in [3.63, 3.8) is 0 Å². The van der Waals surface area contributed by atoms with Gasteiger partial charge in [-0.1, -0.05) is 17.3 Å². The van der Waals surface area contributed by atoms with Crippen molar-refractivity contribution >= 4 is 5.91 Å². The van der Waals surface area contributed by atoms with Crippen LogP contribution in [-0.4, -0.2) is 51.0 Å². The Labute approximate surface area is 175 Å². The maximum Gasteiger partial charge on any atom is 0.222 e. The Hall–Kier alpha value is -3.42. The number of benzene rings is 1. The number of aromatic nitrogens is 4. The molecule has 1 fully saturated rings. The van der Waals surface area contributed by atoms with Crippen LogP contribution in [0.2, 0.25) is 0 Å². The molecule has 1 unspecified atom stereocenters. The highest BCUT2D eigenvalue weighted by molar-refractivity contribution is 5.76. The van der Waals surface area contributed by atoms with Crippen molar-refractivity contribution in [3.05, 3.63) is 66.2 Å². The summed E-state index contributed by atoms with van der Waals surface area (Å²) in [5.74, 6) is 1.73. The molecule has 2 aromatic heterocycles. The zero-order valence-corrected chi connectivity index (χ0v) is 17.0. The molecular formula is C22H25N5O3. The minimum absolute atomic E-state index is 0.146. The van der Waals surface area contributed by atoms with Gasteiger partial charge in [-0.2, -0.15) is 0 Å². The highest BCUT2D eigenvalue weighted by Gasteiger charge is 2.28. The third kappa shape index (κ3) is 4.94. The van der Waals surface area contributed by atoms with Gasteiger partial charge in [0.2, 0.25) is 5.91 Å².